The van der Waals surface area contributed by atoms with Gasteiger partial charge in [0.1, 0.15) is 5.57 Å². The molecule has 0 bridgehead atoms. The van der Waals surface area contributed by atoms with E-state index in [1.54, 1.807) is 0 Å². The first kappa shape index (κ1) is 19.1. The first-order chi connectivity index (χ1) is 13.0. The topological polar surface area (TPSA) is 79.0 Å². The number of carbonyl (C=O) groups excluding carboxylic acids is 3. The molecule has 7 heteroatoms. The van der Waals surface area contributed by atoms with Gasteiger partial charge in [0.25, 0.3) is 11.8 Å². The lowest BCUT2D eigenvalue weighted by Gasteiger charge is -2.28. The smallest absolute Gasteiger partial charge is 0.331 e. The number of hydrogen-bond acceptors (Lipinski definition) is 5. The molecule has 1 aromatic rings. The van der Waals surface area contributed by atoms with E-state index in [9.17, 15) is 14.4 Å². The summed E-state index contributed by atoms with van der Waals surface area (Å²) in [5.74, 6) is -1.24. The Morgan fingerprint density at radius 2 is 1.89 bits per heavy atom. The van der Waals surface area contributed by atoms with Gasteiger partial charge in [-0.25, -0.2) is 4.79 Å². The van der Waals surface area contributed by atoms with Crippen molar-refractivity contribution >= 4 is 29.6 Å². The molecule has 2 aliphatic heterocycles. The van der Waals surface area contributed by atoms with Crippen LogP contribution in [0.1, 0.15) is 32.3 Å². The van der Waals surface area contributed by atoms with E-state index in [1.165, 1.54) is 6.08 Å². The monoisotopic (exact) mass is 371 g/mol. The van der Waals surface area contributed by atoms with E-state index < -0.39 is 17.8 Å². The Morgan fingerprint density at radius 1 is 1.19 bits per heavy atom. The van der Waals surface area contributed by atoms with E-state index in [2.05, 4.69) is 24.1 Å². The van der Waals surface area contributed by atoms with Crippen LogP contribution in [0.15, 0.2) is 29.8 Å². The Bertz CT molecular complexity index is 747. The van der Waals surface area contributed by atoms with Gasteiger partial charge in [-0.05, 0) is 50.5 Å². The van der Waals surface area contributed by atoms with E-state index >= 15 is 0 Å². The van der Waals surface area contributed by atoms with Crippen molar-refractivity contribution in [2.24, 2.45) is 0 Å². The summed E-state index contributed by atoms with van der Waals surface area (Å²) in [6.07, 6.45) is 3.08. The minimum atomic E-state index is -0.686. The summed E-state index contributed by atoms with van der Waals surface area (Å²) < 4.78 is 5.51. The number of amides is 4. The van der Waals surface area contributed by atoms with Crippen molar-refractivity contribution in [3.8, 4) is 0 Å². The molecule has 27 heavy (non-hydrogen) atoms. The molecular weight excluding hydrogens is 346 g/mol. The SMILES string of the molecule is CCN(CC)c1ccc(/C=C2\C(=O)NC(=O)N(CC3CCCO3)C2=O)cc1. The van der Waals surface area contributed by atoms with Crippen molar-refractivity contribution in [2.45, 2.75) is 32.8 Å². The summed E-state index contributed by atoms with van der Waals surface area (Å²) >= 11 is 0. The number of benzene rings is 1. The van der Waals surface area contributed by atoms with Crippen molar-refractivity contribution in [3.63, 3.8) is 0 Å². The first-order valence-corrected chi connectivity index (χ1v) is 9.39. The van der Waals surface area contributed by atoms with Gasteiger partial charge in [-0.15, -0.1) is 0 Å². The Hall–Kier alpha value is -2.67. The minimum Gasteiger partial charge on any atom is -0.376 e. The molecule has 2 heterocycles. The molecule has 144 valence electrons. The second kappa shape index (κ2) is 8.35. The molecule has 1 aromatic carbocycles. The third-order valence-electron chi connectivity index (χ3n) is 4.93. The van der Waals surface area contributed by atoms with Crippen molar-refractivity contribution in [1.29, 1.82) is 0 Å². The number of nitrogens with one attached hydrogen (secondary N) is 1. The van der Waals surface area contributed by atoms with E-state index in [0.717, 1.165) is 42.1 Å². The fraction of sp³-hybridized carbons (Fsp3) is 0.450. The van der Waals surface area contributed by atoms with Crippen molar-refractivity contribution in [1.82, 2.24) is 10.2 Å². The van der Waals surface area contributed by atoms with Crippen LogP contribution in [-0.4, -0.2) is 55.1 Å². The number of carbonyl (C=O) groups is 3. The van der Waals surface area contributed by atoms with E-state index in [1.807, 2.05) is 24.3 Å². The first-order valence-electron chi connectivity index (χ1n) is 9.39. The maximum absolute atomic E-state index is 12.7. The van der Waals surface area contributed by atoms with E-state index in [4.69, 9.17) is 4.74 Å². The highest BCUT2D eigenvalue weighted by atomic mass is 16.5. The van der Waals surface area contributed by atoms with Gasteiger partial charge < -0.3 is 9.64 Å². The van der Waals surface area contributed by atoms with Crippen LogP contribution in [0.4, 0.5) is 10.5 Å². The molecule has 7 nitrogen and oxygen atoms in total. The predicted molar refractivity (Wildman–Crippen MR) is 102 cm³/mol. The van der Waals surface area contributed by atoms with Crippen LogP contribution in [0.2, 0.25) is 0 Å². The van der Waals surface area contributed by atoms with Gasteiger partial charge in [-0.3, -0.25) is 19.8 Å². The molecule has 2 saturated heterocycles. The zero-order chi connectivity index (χ0) is 19.4. The molecule has 2 aliphatic rings. The quantitative estimate of drug-likeness (QED) is 0.612. The number of urea groups is 1. The van der Waals surface area contributed by atoms with Gasteiger partial charge in [-0.2, -0.15) is 0 Å². The van der Waals surface area contributed by atoms with E-state index in [-0.39, 0.29) is 18.2 Å². The Balaban J connectivity index is 1.79. The molecule has 1 atom stereocenters. The summed E-state index contributed by atoms with van der Waals surface area (Å²) in [6, 6.07) is 6.96. The third kappa shape index (κ3) is 4.19. The van der Waals surface area contributed by atoms with E-state index in [0.29, 0.717) is 6.61 Å². The summed E-state index contributed by atoms with van der Waals surface area (Å²) in [5.41, 5.74) is 1.77. The van der Waals surface area contributed by atoms with Crippen molar-refractivity contribution < 1.29 is 19.1 Å². The number of hydrogen-bond donors (Lipinski definition) is 1. The number of nitrogens with zero attached hydrogens (tertiary/aromatic N) is 2. The Labute approximate surface area is 159 Å². The largest absolute Gasteiger partial charge is 0.376 e. The zero-order valence-corrected chi connectivity index (χ0v) is 15.7. The lowest BCUT2D eigenvalue weighted by molar-refractivity contribution is -0.131. The molecule has 4 amide bonds. The number of anilines is 1. The number of rotatable bonds is 6. The molecule has 0 aliphatic carbocycles. The van der Waals surface area contributed by atoms with Crippen LogP contribution in [0.25, 0.3) is 6.08 Å². The molecule has 0 aromatic heterocycles. The second-order valence-electron chi connectivity index (χ2n) is 6.63. The van der Waals surface area contributed by atoms with Gasteiger partial charge in [0.05, 0.1) is 12.6 Å². The van der Waals surface area contributed by atoms with Gasteiger partial charge in [-0.1, -0.05) is 12.1 Å². The van der Waals surface area contributed by atoms with Crippen molar-refractivity contribution in [3.05, 3.63) is 35.4 Å². The maximum Gasteiger partial charge on any atom is 0.331 e. The van der Waals surface area contributed by atoms with Crippen LogP contribution >= 0.6 is 0 Å². The molecule has 3 rings (SSSR count). The number of imide groups is 2. The average molecular weight is 371 g/mol. The van der Waals surface area contributed by atoms with Gasteiger partial charge in [0.15, 0.2) is 0 Å². The van der Waals surface area contributed by atoms with Crippen LogP contribution in [-0.2, 0) is 14.3 Å². The third-order valence-corrected chi connectivity index (χ3v) is 4.93. The summed E-state index contributed by atoms with van der Waals surface area (Å²) in [6.45, 7) is 6.77. The van der Waals surface area contributed by atoms with Crippen LogP contribution in [0, 0.1) is 0 Å². The molecule has 1 N–H and O–H groups in total. The summed E-state index contributed by atoms with van der Waals surface area (Å²) in [7, 11) is 0. The number of ether oxygens (including phenoxy) is 1. The lowest BCUT2D eigenvalue weighted by Crippen LogP contribution is -2.55. The standard InChI is InChI=1S/C20H25N3O4/c1-3-22(4-2)15-9-7-14(8-10-15)12-17-18(24)21-20(26)23(19(17)25)13-16-6-5-11-27-16/h7-10,12,16H,3-6,11,13H2,1-2H3,(H,21,24,26)/b17-12+. The van der Waals surface area contributed by atoms with Gasteiger partial charge in [0, 0.05) is 25.4 Å². The van der Waals surface area contributed by atoms with Crippen LogP contribution in [0.3, 0.4) is 0 Å². The highest BCUT2D eigenvalue weighted by Gasteiger charge is 2.37. The maximum atomic E-state index is 12.7. The van der Waals surface area contributed by atoms with Gasteiger partial charge in [0.2, 0.25) is 0 Å². The summed E-state index contributed by atoms with van der Waals surface area (Å²) in [5, 5.41) is 2.25. The lowest BCUT2D eigenvalue weighted by atomic mass is 10.1. The Morgan fingerprint density at radius 3 is 2.48 bits per heavy atom. The number of barbiturate groups is 1. The average Bonchev–Trinajstić information content (AvgIpc) is 3.18. The fourth-order valence-electron chi connectivity index (χ4n) is 3.39. The molecular formula is C20H25N3O4. The summed E-state index contributed by atoms with van der Waals surface area (Å²) in [4.78, 5) is 40.2. The second-order valence-corrected chi connectivity index (χ2v) is 6.63. The molecule has 0 spiro atoms. The van der Waals surface area contributed by atoms with Crippen molar-refractivity contribution in [2.75, 3.05) is 31.1 Å². The molecule has 0 saturated carbocycles. The predicted octanol–water partition coefficient (Wildman–Crippen LogP) is 2.17. The van der Waals surface area contributed by atoms with Crippen LogP contribution in [0.5, 0.6) is 0 Å². The molecule has 2 fully saturated rings. The Kier molecular flexibility index (Phi) is 5.91. The minimum absolute atomic E-state index is 0.0387. The van der Waals surface area contributed by atoms with Gasteiger partial charge >= 0.3 is 6.03 Å². The molecule has 0 radical (unpaired) electrons. The highest BCUT2D eigenvalue weighted by molar-refractivity contribution is 6.31. The zero-order valence-electron chi connectivity index (χ0n) is 15.7. The van der Waals surface area contributed by atoms with Crippen LogP contribution < -0.4 is 10.2 Å². The fourth-order valence-corrected chi connectivity index (χ4v) is 3.39. The molecule has 1 unspecified atom stereocenters. The normalized spacial score (nSPS) is 21.7. The highest BCUT2D eigenvalue weighted by Crippen LogP contribution is 2.20.